The summed E-state index contributed by atoms with van der Waals surface area (Å²) in [6.07, 6.45) is 5.97. The highest BCUT2D eigenvalue weighted by Gasteiger charge is 2.00. The van der Waals surface area contributed by atoms with Crippen molar-refractivity contribution in [1.29, 1.82) is 0 Å². The van der Waals surface area contributed by atoms with E-state index in [9.17, 15) is 0 Å². The Morgan fingerprint density at radius 1 is 1.80 bits per heavy atom. The van der Waals surface area contributed by atoms with Crippen molar-refractivity contribution in [3.05, 3.63) is 22.8 Å². The summed E-state index contributed by atoms with van der Waals surface area (Å²) in [5.74, 6) is 0. The molecule has 0 saturated heterocycles. The second-order valence-corrected chi connectivity index (χ2v) is 2.85. The van der Waals surface area contributed by atoms with Gasteiger partial charge in [0.15, 0.2) is 0 Å². The smallest absolute Gasteiger partial charge is 0.0720 e. The molecule has 0 saturated carbocycles. The minimum Gasteiger partial charge on any atom is -0.274 e. The van der Waals surface area contributed by atoms with Gasteiger partial charge in [-0.3, -0.25) is 9.90 Å². The van der Waals surface area contributed by atoms with Crippen molar-refractivity contribution >= 4 is 15.9 Å². The third-order valence-corrected chi connectivity index (χ3v) is 1.59. The Hall–Kier alpha value is -0.280. The predicted octanol–water partition coefficient (Wildman–Crippen LogP) is 2.05. The molecule has 0 aromatic carbocycles. The zero-order chi connectivity index (χ0) is 7.40. The van der Waals surface area contributed by atoms with Crippen LogP contribution in [0, 0.1) is 0 Å². The molecule has 0 radical (unpaired) electrons. The van der Waals surface area contributed by atoms with Gasteiger partial charge in [-0.25, -0.2) is 0 Å². The first kappa shape index (κ1) is 7.82. The Kier molecular flexibility index (Phi) is 2.96. The van der Waals surface area contributed by atoms with E-state index in [-0.39, 0.29) is 0 Å². The second kappa shape index (κ2) is 3.78. The Balaban J connectivity index is 2.43. The van der Waals surface area contributed by atoms with Gasteiger partial charge in [0.25, 0.3) is 0 Å². The summed E-state index contributed by atoms with van der Waals surface area (Å²) in [6, 6.07) is 0. The van der Waals surface area contributed by atoms with Crippen LogP contribution in [0.1, 0.15) is 6.92 Å². The molecule has 0 N–H and O–H groups in total. The zero-order valence-electron chi connectivity index (χ0n) is 5.88. The van der Waals surface area contributed by atoms with E-state index in [0.29, 0.717) is 6.61 Å². The van der Waals surface area contributed by atoms with Crippen molar-refractivity contribution in [2.45, 2.75) is 6.92 Å². The quantitative estimate of drug-likeness (QED) is 0.682. The summed E-state index contributed by atoms with van der Waals surface area (Å²) in [7, 11) is 0. The number of hydroxylamine groups is 2. The molecule has 0 aromatic heterocycles. The van der Waals surface area contributed by atoms with Gasteiger partial charge in [0, 0.05) is 10.7 Å². The van der Waals surface area contributed by atoms with Gasteiger partial charge in [-0.2, -0.15) is 0 Å². The van der Waals surface area contributed by atoms with E-state index >= 15 is 0 Å². The Bertz CT molecular complexity index is 165. The van der Waals surface area contributed by atoms with E-state index in [1.165, 1.54) is 0 Å². The molecule has 1 heterocycles. The third kappa shape index (κ3) is 2.15. The largest absolute Gasteiger partial charge is 0.274 e. The lowest BCUT2D eigenvalue weighted by Gasteiger charge is -2.19. The molecule has 1 aliphatic heterocycles. The van der Waals surface area contributed by atoms with Crippen LogP contribution in [0.2, 0.25) is 0 Å². The van der Waals surface area contributed by atoms with E-state index in [1.54, 1.807) is 5.06 Å². The van der Waals surface area contributed by atoms with Gasteiger partial charge in [0.05, 0.1) is 13.2 Å². The SMILES string of the molecule is CCON1C=C(Br)C=CC1. The van der Waals surface area contributed by atoms with Crippen LogP contribution in [0.25, 0.3) is 0 Å². The molecular formula is C7H10BrNO. The molecule has 3 heteroatoms. The molecule has 1 aliphatic rings. The maximum Gasteiger partial charge on any atom is 0.0720 e. The molecule has 0 unspecified atom stereocenters. The highest BCUT2D eigenvalue weighted by molar-refractivity contribution is 9.11. The lowest BCUT2D eigenvalue weighted by molar-refractivity contribution is -0.107. The lowest BCUT2D eigenvalue weighted by atomic mass is 10.4. The molecule has 0 spiro atoms. The minimum absolute atomic E-state index is 0.713. The van der Waals surface area contributed by atoms with Crippen LogP contribution in [0.5, 0.6) is 0 Å². The van der Waals surface area contributed by atoms with Gasteiger partial charge in [-0.1, -0.05) is 6.08 Å². The summed E-state index contributed by atoms with van der Waals surface area (Å²) < 4.78 is 1.05. The van der Waals surface area contributed by atoms with Crippen LogP contribution in [-0.2, 0) is 4.84 Å². The van der Waals surface area contributed by atoms with Crippen LogP contribution in [-0.4, -0.2) is 18.2 Å². The highest BCUT2D eigenvalue weighted by Crippen LogP contribution is 2.12. The van der Waals surface area contributed by atoms with Crippen molar-refractivity contribution in [1.82, 2.24) is 5.06 Å². The van der Waals surface area contributed by atoms with Gasteiger partial charge < -0.3 is 0 Å². The minimum atomic E-state index is 0.713. The van der Waals surface area contributed by atoms with Crippen LogP contribution in [0.15, 0.2) is 22.8 Å². The normalized spacial score (nSPS) is 17.4. The molecule has 2 nitrogen and oxygen atoms in total. The summed E-state index contributed by atoms with van der Waals surface area (Å²) in [6.45, 7) is 3.52. The first-order chi connectivity index (χ1) is 4.83. The van der Waals surface area contributed by atoms with E-state index in [0.717, 1.165) is 11.0 Å². The van der Waals surface area contributed by atoms with Crippen molar-refractivity contribution in [3.63, 3.8) is 0 Å². The predicted molar refractivity (Wildman–Crippen MR) is 44.5 cm³/mol. The molecule has 0 aromatic rings. The van der Waals surface area contributed by atoms with Crippen LogP contribution >= 0.6 is 15.9 Å². The molecule has 10 heavy (non-hydrogen) atoms. The molecule has 0 aliphatic carbocycles. The van der Waals surface area contributed by atoms with Crippen LogP contribution in [0.4, 0.5) is 0 Å². The standard InChI is InChI=1S/C7H10BrNO/c1-2-10-9-5-3-4-7(8)6-9/h3-4,6H,2,5H2,1H3. The number of hydrogen-bond donors (Lipinski definition) is 0. The number of allylic oxidation sites excluding steroid dienone is 2. The third-order valence-electron chi connectivity index (χ3n) is 1.12. The summed E-state index contributed by atoms with van der Waals surface area (Å²) in [4.78, 5) is 5.23. The van der Waals surface area contributed by atoms with Gasteiger partial charge in [0.1, 0.15) is 0 Å². The van der Waals surface area contributed by atoms with Gasteiger partial charge in [0.2, 0.25) is 0 Å². The van der Waals surface area contributed by atoms with E-state index in [4.69, 9.17) is 4.84 Å². The first-order valence-electron chi connectivity index (χ1n) is 3.26. The molecule has 1 rings (SSSR count). The van der Waals surface area contributed by atoms with Crippen molar-refractivity contribution in [2.75, 3.05) is 13.2 Å². The summed E-state index contributed by atoms with van der Waals surface area (Å²) in [5, 5.41) is 1.80. The van der Waals surface area contributed by atoms with E-state index in [1.807, 2.05) is 25.3 Å². The van der Waals surface area contributed by atoms with E-state index in [2.05, 4.69) is 15.9 Å². The second-order valence-electron chi connectivity index (χ2n) is 1.93. The molecule has 0 fully saturated rings. The van der Waals surface area contributed by atoms with Gasteiger partial charge >= 0.3 is 0 Å². The van der Waals surface area contributed by atoms with Crippen molar-refractivity contribution in [3.8, 4) is 0 Å². The van der Waals surface area contributed by atoms with Gasteiger partial charge in [-0.05, 0) is 28.9 Å². The van der Waals surface area contributed by atoms with Crippen LogP contribution < -0.4 is 0 Å². The Morgan fingerprint density at radius 2 is 2.60 bits per heavy atom. The number of rotatable bonds is 2. The molecule has 0 amide bonds. The molecule has 56 valence electrons. The average molecular weight is 204 g/mol. The summed E-state index contributed by atoms with van der Waals surface area (Å²) >= 11 is 3.35. The Morgan fingerprint density at radius 3 is 3.20 bits per heavy atom. The van der Waals surface area contributed by atoms with Crippen molar-refractivity contribution in [2.24, 2.45) is 0 Å². The van der Waals surface area contributed by atoms with E-state index < -0.39 is 0 Å². The maximum absolute atomic E-state index is 5.23. The first-order valence-corrected chi connectivity index (χ1v) is 4.05. The monoisotopic (exact) mass is 203 g/mol. The maximum atomic E-state index is 5.23. The van der Waals surface area contributed by atoms with Gasteiger partial charge in [-0.15, -0.1) is 0 Å². The highest BCUT2D eigenvalue weighted by atomic mass is 79.9. The molecular weight excluding hydrogens is 194 g/mol. The topological polar surface area (TPSA) is 12.5 Å². The van der Waals surface area contributed by atoms with Crippen molar-refractivity contribution < 1.29 is 4.84 Å². The fourth-order valence-corrected chi connectivity index (χ4v) is 1.17. The van der Waals surface area contributed by atoms with Crippen LogP contribution in [0.3, 0.4) is 0 Å². The Labute approximate surface area is 69.2 Å². The molecule has 0 bridgehead atoms. The fraction of sp³-hybridized carbons (Fsp3) is 0.429. The molecule has 0 atom stereocenters. The average Bonchev–Trinajstić information content (AvgIpc) is 1.88. The number of hydrogen-bond acceptors (Lipinski definition) is 2. The lowest BCUT2D eigenvalue weighted by Crippen LogP contribution is -2.19. The summed E-state index contributed by atoms with van der Waals surface area (Å²) in [5.41, 5.74) is 0. The zero-order valence-corrected chi connectivity index (χ0v) is 7.47. The number of halogens is 1. The fourth-order valence-electron chi connectivity index (χ4n) is 0.758. The number of nitrogens with zero attached hydrogens (tertiary/aromatic N) is 1.